The van der Waals surface area contributed by atoms with Crippen LogP contribution >= 0.6 is 46.4 Å². The smallest absolute Gasteiger partial charge is 0.244 e. The van der Waals surface area contributed by atoms with Crippen LogP contribution in [0.15, 0.2) is 36.4 Å². The largest absolute Gasteiger partial charge is 0.352 e. The fourth-order valence-corrected chi connectivity index (χ4v) is 5.84. The Morgan fingerprint density at radius 1 is 0.973 bits per heavy atom. The summed E-state index contributed by atoms with van der Waals surface area (Å²) in [6.45, 7) is 1.04. The first-order valence-corrected chi connectivity index (χ1v) is 15.2. The summed E-state index contributed by atoms with van der Waals surface area (Å²) >= 11 is 24.5. The number of anilines is 1. The molecule has 1 N–H and O–H groups in total. The van der Waals surface area contributed by atoms with Crippen molar-refractivity contribution in [3.05, 3.63) is 62.1 Å². The van der Waals surface area contributed by atoms with Crippen LogP contribution < -0.4 is 9.62 Å². The van der Waals surface area contributed by atoms with Gasteiger partial charge in [0.05, 0.1) is 22.0 Å². The maximum Gasteiger partial charge on any atom is 0.244 e. The van der Waals surface area contributed by atoms with Crippen LogP contribution in [0.4, 0.5) is 5.69 Å². The molecule has 7 nitrogen and oxygen atoms in total. The van der Waals surface area contributed by atoms with Gasteiger partial charge < -0.3 is 10.2 Å². The summed E-state index contributed by atoms with van der Waals surface area (Å²) in [4.78, 5) is 28.2. The van der Waals surface area contributed by atoms with Gasteiger partial charge in [0, 0.05) is 22.6 Å². The van der Waals surface area contributed by atoms with E-state index in [4.69, 9.17) is 46.4 Å². The minimum Gasteiger partial charge on any atom is -0.352 e. The summed E-state index contributed by atoms with van der Waals surface area (Å²) in [7, 11) is -3.89. The van der Waals surface area contributed by atoms with Crippen molar-refractivity contribution in [3.8, 4) is 0 Å². The van der Waals surface area contributed by atoms with E-state index in [2.05, 4.69) is 5.32 Å². The molecule has 12 heteroatoms. The molecule has 1 atom stereocenters. The van der Waals surface area contributed by atoms with Crippen molar-refractivity contribution < 1.29 is 18.0 Å². The van der Waals surface area contributed by atoms with Gasteiger partial charge in [-0.15, -0.1) is 0 Å². The third kappa shape index (κ3) is 8.14. The van der Waals surface area contributed by atoms with Gasteiger partial charge in [-0.1, -0.05) is 71.7 Å². The molecule has 0 radical (unpaired) electrons. The monoisotopic (exact) mass is 607 g/mol. The van der Waals surface area contributed by atoms with E-state index in [0.717, 1.165) is 42.7 Å². The number of nitrogens with zero attached hydrogens (tertiary/aromatic N) is 2. The van der Waals surface area contributed by atoms with Crippen LogP contribution in [0.3, 0.4) is 0 Å². The third-order valence-electron chi connectivity index (χ3n) is 6.35. The van der Waals surface area contributed by atoms with Gasteiger partial charge in [-0.05, 0) is 55.7 Å². The summed E-state index contributed by atoms with van der Waals surface area (Å²) in [5, 5.41) is 4.19. The van der Waals surface area contributed by atoms with Crippen molar-refractivity contribution in [2.24, 2.45) is 0 Å². The molecule has 1 aliphatic rings. The molecule has 0 saturated heterocycles. The number of nitrogens with one attached hydrogen (secondary N) is 1. The van der Waals surface area contributed by atoms with E-state index in [9.17, 15) is 18.0 Å². The predicted octanol–water partition coefficient (Wildman–Crippen LogP) is 5.93. The number of hydrogen-bond donors (Lipinski definition) is 1. The quantitative estimate of drug-likeness (QED) is 0.382. The second kappa shape index (κ2) is 12.9. The van der Waals surface area contributed by atoms with E-state index in [-0.39, 0.29) is 34.2 Å². The lowest BCUT2D eigenvalue weighted by Gasteiger charge is -2.33. The van der Waals surface area contributed by atoms with Crippen LogP contribution in [0.2, 0.25) is 20.1 Å². The molecule has 2 aromatic carbocycles. The summed E-state index contributed by atoms with van der Waals surface area (Å²) in [6, 6.07) is 8.29. The van der Waals surface area contributed by atoms with Crippen molar-refractivity contribution >= 4 is 73.9 Å². The molecule has 3 rings (SSSR count). The number of carbonyl (C=O) groups excluding carboxylic acids is 2. The van der Waals surface area contributed by atoms with Gasteiger partial charge in [0.2, 0.25) is 21.8 Å². The van der Waals surface area contributed by atoms with Gasteiger partial charge in [-0.2, -0.15) is 0 Å². The Morgan fingerprint density at radius 3 is 2.24 bits per heavy atom. The molecule has 1 aliphatic carbocycles. The fourth-order valence-electron chi connectivity index (χ4n) is 4.24. The van der Waals surface area contributed by atoms with Crippen LogP contribution in [0, 0.1) is 0 Å². The Morgan fingerprint density at radius 2 is 1.65 bits per heavy atom. The lowest BCUT2D eigenvalue weighted by molar-refractivity contribution is -0.139. The number of hydrogen-bond acceptors (Lipinski definition) is 4. The van der Waals surface area contributed by atoms with E-state index < -0.39 is 28.5 Å². The Hall–Kier alpha value is -1.71. The molecule has 37 heavy (non-hydrogen) atoms. The molecule has 202 valence electrons. The Balaban J connectivity index is 1.91. The Kier molecular flexibility index (Phi) is 10.4. The van der Waals surface area contributed by atoms with Crippen molar-refractivity contribution in [1.29, 1.82) is 0 Å². The zero-order valence-electron chi connectivity index (χ0n) is 20.5. The highest BCUT2D eigenvalue weighted by Crippen LogP contribution is 2.29. The van der Waals surface area contributed by atoms with E-state index >= 15 is 0 Å². The highest BCUT2D eigenvalue weighted by molar-refractivity contribution is 7.92. The average molecular weight is 609 g/mol. The lowest BCUT2D eigenvalue weighted by atomic mass is 9.95. The molecule has 1 saturated carbocycles. The number of rotatable bonds is 9. The Labute approximate surface area is 238 Å². The van der Waals surface area contributed by atoms with E-state index in [0.29, 0.717) is 15.6 Å². The first-order valence-electron chi connectivity index (χ1n) is 11.8. The van der Waals surface area contributed by atoms with Gasteiger partial charge in [-0.3, -0.25) is 13.9 Å². The molecule has 1 fully saturated rings. The minimum absolute atomic E-state index is 0.0208. The topological polar surface area (TPSA) is 86.8 Å². The van der Waals surface area contributed by atoms with E-state index in [1.54, 1.807) is 25.1 Å². The van der Waals surface area contributed by atoms with Gasteiger partial charge in [-0.25, -0.2) is 8.42 Å². The molecule has 0 aliphatic heterocycles. The summed E-state index contributed by atoms with van der Waals surface area (Å²) in [5.74, 6) is -0.903. The second-order valence-corrected chi connectivity index (χ2v) is 12.7. The van der Waals surface area contributed by atoms with Gasteiger partial charge in [0.1, 0.15) is 12.6 Å². The van der Waals surface area contributed by atoms with Crippen molar-refractivity contribution in [2.75, 3.05) is 17.1 Å². The van der Waals surface area contributed by atoms with E-state index in [1.165, 1.54) is 23.1 Å². The van der Waals surface area contributed by atoms with Crippen molar-refractivity contribution in [1.82, 2.24) is 10.2 Å². The Bertz CT molecular complexity index is 1250. The van der Waals surface area contributed by atoms with Crippen LogP contribution in [0.25, 0.3) is 0 Å². The molecule has 2 aromatic rings. The van der Waals surface area contributed by atoms with E-state index in [1.807, 2.05) is 0 Å². The zero-order valence-corrected chi connectivity index (χ0v) is 24.4. The number of sulfonamides is 1. The average Bonchev–Trinajstić information content (AvgIpc) is 2.83. The third-order valence-corrected chi connectivity index (χ3v) is 8.81. The highest BCUT2D eigenvalue weighted by atomic mass is 35.5. The molecule has 2 amide bonds. The fraction of sp³-hybridized carbons (Fsp3) is 0.440. The predicted molar refractivity (Wildman–Crippen MR) is 150 cm³/mol. The highest BCUT2D eigenvalue weighted by Gasteiger charge is 2.31. The first kappa shape index (κ1) is 29.8. The SMILES string of the molecule is C[C@@H](C(=O)NC1CCCCC1)N(Cc1ccc(Cl)cc1Cl)C(=O)CN(c1ccc(Cl)c(Cl)c1)S(C)(=O)=O. The van der Waals surface area contributed by atoms with Gasteiger partial charge in [0.25, 0.3) is 0 Å². The molecular weight excluding hydrogens is 580 g/mol. The lowest BCUT2D eigenvalue weighted by Crippen LogP contribution is -2.53. The summed E-state index contributed by atoms with van der Waals surface area (Å²) in [6.07, 6.45) is 5.97. The van der Waals surface area contributed by atoms with Gasteiger partial charge >= 0.3 is 0 Å². The number of amides is 2. The molecule has 0 spiro atoms. The molecule has 0 aromatic heterocycles. The van der Waals surface area contributed by atoms with Gasteiger partial charge in [0.15, 0.2) is 0 Å². The zero-order chi connectivity index (χ0) is 27.3. The molecule has 0 heterocycles. The number of benzene rings is 2. The minimum atomic E-state index is -3.89. The molecule has 0 bridgehead atoms. The van der Waals surface area contributed by atoms with Crippen LogP contribution in [-0.4, -0.2) is 50.0 Å². The van der Waals surface area contributed by atoms with Crippen molar-refractivity contribution in [3.63, 3.8) is 0 Å². The molecular formula is C25H29Cl4N3O4S. The van der Waals surface area contributed by atoms with Crippen molar-refractivity contribution in [2.45, 2.75) is 57.7 Å². The maximum absolute atomic E-state index is 13.7. The number of carbonyl (C=O) groups is 2. The standard InChI is InChI=1S/C25H29Cl4N3O4S/c1-16(25(34)30-19-6-4-3-5-7-19)31(14-17-8-9-18(26)12-22(17)28)24(33)15-32(37(2,35)36)20-10-11-21(27)23(29)13-20/h8-13,16,19H,3-7,14-15H2,1-2H3,(H,30,34)/t16-/m0/s1. The second-order valence-electron chi connectivity index (χ2n) is 9.14. The first-order chi connectivity index (χ1) is 17.4. The molecule has 0 unspecified atom stereocenters. The number of halogens is 4. The summed E-state index contributed by atoms with van der Waals surface area (Å²) < 4.78 is 26.3. The van der Waals surface area contributed by atoms with Crippen LogP contribution in [-0.2, 0) is 26.2 Å². The summed E-state index contributed by atoms with van der Waals surface area (Å²) in [5.41, 5.74) is 0.742. The van der Waals surface area contributed by atoms with Crippen LogP contribution in [0.5, 0.6) is 0 Å². The normalized spacial score (nSPS) is 15.2. The maximum atomic E-state index is 13.7. The van der Waals surface area contributed by atoms with Crippen LogP contribution in [0.1, 0.15) is 44.6 Å².